The average molecular weight is 527 g/mol. The largest absolute Gasteiger partial charge is 0.374 e. The van der Waals surface area contributed by atoms with Gasteiger partial charge >= 0.3 is 0 Å². The van der Waals surface area contributed by atoms with Crippen molar-refractivity contribution in [3.05, 3.63) is 42.6 Å². The van der Waals surface area contributed by atoms with Crippen LogP contribution in [-0.2, 0) is 11.3 Å². The molecule has 30 heavy (non-hydrogen) atoms. The Hall–Kier alpha value is -1.72. The highest BCUT2D eigenvalue weighted by atomic mass is 127. The fraction of sp³-hybridized carbons (Fsp3) is 0.571. The van der Waals surface area contributed by atoms with Gasteiger partial charge in [0.2, 0.25) is 0 Å². The van der Waals surface area contributed by atoms with E-state index in [-0.39, 0.29) is 30.1 Å². The van der Waals surface area contributed by atoms with E-state index in [4.69, 9.17) is 9.73 Å². The van der Waals surface area contributed by atoms with Gasteiger partial charge in [0.05, 0.1) is 19.3 Å². The highest BCUT2D eigenvalue weighted by Crippen LogP contribution is 2.09. The molecular formula is C21H34IN7O. The van der Waals surface area contributed by atoms with Crippen molar-refractivity contribution in [3.63, 3.8) is 0 Å². The normalized spacial score (nSPS) is 17.6. The predicted octanol–water partition coefficient (Wildman–Crippen LogP) is 2.30. The van der Waals surface area contributed by atoms with E-state index < -0.39 is 0 Å². The van der Waals surface area contributed by atoms with Gasteiger partial charge in [-0.1, -0.05) is 13.8 Å². The van der Waals surface area contributed by atoms with Gasteiger partial charge in [-0.05, 0) is 30.5 Å². The van der Waals surface area contributed by atoms with E-state index in [2.05, 4.69) is 46.3 Å². The van der Waals surface area contributed by atoms with E-state index in [1.54, 1.807) is 18.7 Å². The van der Waals surface area contributed by atoms with Crippen molar-refractivity contribution < 1.29 is 4.74 Å². The quantitative estimate of drug-likeness (QED) is 0.312. The van der Waals surface area contributed by atoms with Crippen molar-refractivity contribution in [2.24, 2.45) is 10.9 Å². The van der Waals surface area contributed by atoms with Crippen LogP contribution in [0.5, 0.6) is 0 Å². The first kappa shape index (κ1) is 24.5. The summed E-state index contributed by atoms with van der Waals surface area (Å²) in [6.07, 6.45) is 7.36. The van der Waals surface area contributed by atoms with E-state index in [0.29, 0.717) is 12.5 Å². The minimum absolute atomic E-state index is 0. The number of halogens is 1. The molecule has 3 rings (SSSR count). The molecule has 0 aromatic carbocycles. The van der Waals surface area contributed by atoms with Gasteiger partial charge in [0.1, 0.15) is 12.1 Å². The summed E-state index contributed by atoms with van der Waals surface area (Å²) >= 11 is 0. The fourth-order valence-electron chi connectivity index (χ4n) is 3.40. The zero-order valence-electron chi connectivity index (χ0n) is 18.1. The maximum absolute atomic E-state index is 5.93. The minimum atomic E-state index is 0. The first-order chi connectivity index (χ1) is 14.1. The van der Waals surface area contributed by atoms with Crippen LogP contribution >= 0.6 is 24.0 Å². The number of imidazole rings is 1. The van der Waals surface area contributed by atoms with Gasteiger partial charge in [0, 0.05) is 51.3 Å². The molecule has 0 amide bonds. The molecule has 166 valence electrons. The summed E-state index contributed by atoms with van der Waals surface area (Å²) in [7, 11) is 0. The predicted molar refractivity (Wildman–Crippen MR) is 131 cm³/mol. The van der Waals surface area contributed by atoms with Crippen molar-refractivity contribution in [1.29, 1.82) is 0 Å². The third-order valence-corrected chi connectivity index (χ3v) is 4.69. The van der Waals surface area contributed by atoms with E-state index in [0.717, 1.165) is 56.7 Å². The van der Waals surface area contributed by atoms with Crippen LogP contribution in [0.15, 0.2) is 42.0 Å². The van der Waals surface area contributed by atoms with E-state index in [1.165, 1.54) is 0 Å². The smallest absolute Gasteiger partial charge is 0.191 e. The number of guanidine groups is 1. The van der Waals surface area contributed by atoms with E-state index in [9.17, 15) is 0 Å². The summed E-state index contributed by atoms with van der Waals surface area (Å²) in [6.45, 7) is 12.6. The fourth-order valence-corrected chi connectivity index (χ4v) is 3.40. The molecule has 0 radical (unpaired) electrons. The molecule has 3 heterocycles. The lowest BCUT2D eigenvalue weighted by Gasteiger charge is -2.34. The maximum atomic E-state index is 5.93. The Bertz CT molecular complexity index is 766. The number of ether oxygens (including phenoxy) is 1. The maximum Gasteiger partial charge on any atom is 0.191 e. The number of morpholine rings is 1. The van der Waals surface area contributed by atoms with Crippen LogP contribution in [0, 0.1) is 5.92 Å². The molecule has 1 aliphatic heterocycles. The van der Waals surface area contributed by atoms with Crippen LogP contribution in [0.1, 0.15) is 26.3 Å². The van der Waals surface area contributed by atoms with Gasteiger partial charge in [-0.2, -0.15) is 0 Å². The molecule has 9 heteroatoms. The highest BCUT2D eigenvalue weighted by molar-refractivity contribution is 14.0. The Morgan fingerprint density at radius 3 is 2.93 bits per heavy atom. The zero-order valence-corrected chi connectivity index (χ0v) is 20.5. The van der Waals surface area contributed by atoms with Crippen LogP contribution in [0.3, 0.4) is 0 Å². The zero-order chi connectivity index (χ0) is 20.5. The lowest BCUT2D eigenvalue weighted by molar-refractivity contribution is -0.0284. The Morgan fingerprint density at radius 2 is 2.20 bits per heavy atom. The number of aliphatic imine (C=N–C) groups is 1. The van der Waals surface area contributed by atoms with Crippen molar-refractivity contribution in [1.82, 2.24) is 30.1 Å². The molecule has 0 saturated carbocycles. The first-order valence-electron chi connectivity index (χ1n) is 10.4. The summed E-state index contributed by atoms with van der Waals surface area (Å²) in [5.74, 6) is 2.32. The van der Waals surface area contributed by atoms with Crippen LogP contribution in [0.2, 0.25) is 0 Å². The second-order valence-corrected chi connectivity index (χ2v) is 7.71. The van der Waals surface area contributed by atoms with Crippen LogP contribution < -0.4 is 10.6 Å². The number of aromatic nitrogens is 3. The molecule has 1 saturated heterocycles. The van der Waals surface area contributed by atoms with Gasteiger partial charge in [0.25, 0.3) is 0 Å². The minimum Gasteiger partial charge on any atom is -0.374 e. The van der Waals surface area contributed by atoms with Gasteiger partial charge in [-0.3, -0.25) is 9.47 Å². The van der Waals surface area contributed by atoms with Crippen LogP contribution in [-0.4, -0.2) is 70.8 Å². The van der Waals surface area contributed by atoms with Gasteiger partial charge in [0.15, 0.2) is 5.96 Å². The summed E-state index contributed by atoms with van der Waals surface area (Å²) in [6, 6.07) is 4.02. The molecule has 1 atom stereocenters. The summed E-state index contributed by atoms with van der Waals surface area (Å²) < 4.78 is 7.82. The van der Waals surface area contributed by atoms with Gasteiger partial charge in [-0.15, -0.1) is 24.0 Å². The Kier molecular flexibility index (Phi) is 10.5. The molecular weight excluding hydrogens is 493 g/mol. The lowest BCUT2D eigenvalue weighted by Crippen LogP contribution is -2.50. The molecule has 2 aromatic rings. The molecule has 1 aliphatic rings. The number of rotatable bonds is 8. The van der Waals surface area contributed by atoms with Crippen molar-refractivity contribution in [2.45, 2.75) is 33.4 Å². The molecule has 2 aromatic heterocycles. The van der Waals surface area contributed by atoms with Crippen molar-refractivity contribution in [3.8, 4) is 5.82 Å². The highest BCUT2D eigenvalue weighted by Gasteiger charge is 2.21. The molecule has 0 spiro atoms. The monoisotopic (exact) mass is 527 g/mol. The average Bonchev–Trinajstić information content (AvgIpc) is 3.25. The van der Waals surface area contributed by atoms with Crippen molar-refractivity contribution >= 4 is 29.9 Å². The topological polar surface area (TPSA) is 79.6 Å². The molecule has 1 unspecified atom stereocenters. The second-order valence-electron chi connectivity index (χ2n) is 7.71. The molecule has 0 aliphatic carbocycles. The molecule has 0 bridgehead atoms. The first-order valence-corrected chi connectivity index (χ1v) is 10.4. The molecule has 8 nitrogen and oxygen atoms in total. The number of nitrogens with zero attached hydrogens (tertiary/aromatic N) is 5. The van der Waals surface area contributed by atoms with Crippen molar-refractivity contribution in [2.75, 3.05) is 39.3 Å². The number of nitrogens with one attached hydrogen (secondary N) is 2. The van der Waals surface area contributed by atoms with Crippen LogP contribution in [0.25, 0.3) is 5.82 Å². The molecule has 2 N–H and O–H groups in total. The Balaban J connectivity index is 0.00000320. The summed E-state index contributed by atoms with van der Waals surface area (Å²) in [5.41, 5.74) is 1.10. The third-order valence-electron chi connectivity index (χ3n) is 4.69. The third kappa shape index (κ3) is 7.84. The number of hydrogen-bond donors (Lipinski definition) is 2. The standard InChI is InChI=1S/C21H33N7O.HI/c1-4-23-21(26-13-19-15-27(9-10-29-19)14-17(2)3)25-12-18-5-6-24-20(11-18)28-8-7-22-16-28;/h5-8,11,16-17,19H,4,9-10,12-15H2,1-3H3,(H2,23,25,26);1H. The van der Waals surface area contributed by atoms with Crippen LogP contribution in [0.4, 0.5) is 0 Å². The van der Waals surface area contributed by atoms with Gasteiger partial charge < -0.3 is 15.4 Å². The second kappa shape index (κ2) is 12.9. The van der Waals surface area contributed by atoms with E-state index >= 15 is 0 Å². The number of pyridine rings is 1. The SMILES string of the molecule is CCNC(=NCc1ccnc(-n2ccnc2)c1)NCC1CN(CC(C)C)CCO1.I. The summed E-state index contributed by atoms with van der Waals surface area (Å²) in [4.78, 5) is 15.7. The van der Waals surface area contributed by atoms with Gasteiger partial charge in [-0.25, -0.2) is 15.0 Å². The molecule has 1 fully saturated rings. The van der Waals surface area contributed by atoms with E-state index in [1.807, 2.05) is 22.9 Å². The summed E-state index contributed by atoms with van der Waals surface area (Å²) in [5, 5.41) is 6.75. The number of hydrogen-bond acceptors (Lipinski definition) is 5. The Morgan fingerprint density at radius 1 is 1.33 bits per heavy atom. The Labute approximate surface area is 196 Å². The lowest BCUT2D eigenvalue weighted by atomic mass is 10.2.